The molecule has 2 unspecified atom stereocenters. The fourth-order valence-corrected chi connectivity index (χ4v) is 4.51. The quantitative estimate of drug-likeness (QED) is 0.248. The Morgan fingerprint density at radius 2 is 1.76 bits per heavy atom. The van der Waals surface area contributed by atoms with Crippen molar-refractivity contribution in [2.24, 2.45) is 0 Å². The first kappa shape index (κ1) is 24.9. The van der Waals surface area contributed by atoms with Crippen LogP contribution in [0.15, 0.2) is 85.6 Å². The van der Waals surface area contributed by atoms with E-state index in [1.54, 1.807) is 47.3 Å². The molecule has 2 aromatic heterocycles. The van der Waals surface area contributed by atoms with Crippen LogP contribution >= 0.6 is 23.2 Å². The number of benzene rings is 3. The molecule has 2 heterocycles. The molecule has 0 bridgehead atoms. The first-order valence-corrected chi connectivity index (χ1v) is 11.8. The van der Waals surface area contributed by atoms with Crippen LogP contribution in [0.3, 0.4) is 0 Å². The summed E-state index contributed by atoms with van der Waals surface area (Å²) in [4.78, 5) is 3.87. The van der Waals surface area contributed by atoms with Crippen LogP contribution in [0, 0.1) is 11.6 Å². The highest BCUT2D eigenvalue weighted by molar-refractivity contribution is 6.36. The van der Waals surface area contributed by atoms with Gasteiger partial charge in [-0.2, -0.15) is 14.9 Å². The SMILES string of the molecule is CC(c1ccc(F)cc1F)C(O)(Oc1ccc(-n2nccc2-c2ccc(Cl)cc2Cl)cc1)n1cncn1. The van der Waals surface area contributed by atoms with Gasteiger partial charge in [-0.25, -0.2) is 18.4 Å². The molecule has 0 aliphatic carbocycles. The fraction of sp³-hybridized carbons (Fsp3) is 0.115. The lowest BCUT2D eigenvalue weighted by molar-refractivity contribution is -0.229. The molecule has 37 heavy (non-hydrogen) atoms. The minimum Gasteiger partial charge on any atom is -0.442 e. The second kappa shape index (κ2) is 9.93. The Morgan fingerprint density at radius 1 is 0.973 bits per heavy atom. The van der Waals surface area contributed by atoms with Crippen molar-refractivity contribution in [2.45, 2.75) is 18.8 Å². The van der Waals surface area contributed by atoms with E-state index in [0.717, 1.165) is 28.1 Å². The van der Waals surface area contributed by atoms with Gasteiger partial charge < -0.3 is 9.84 Å². The van der Waals surface area contributed by atoms with E-state index in [9.17, 15) is 13.9 Å². The summed E-state index contributed by atoms with van der Waals surface area (Å²) >= 11 is 12.4. The van der Waals surface area contributed by atoms with Crippen molar-refractivity contribution in [1.29, 1.82) is 0 Å². The van der Waals surface area contributed by atoms with E-state index < -0.39 is 23.5 Å². The maximum Gasteiger partial charge on any atom is 0.319 e. The molecule has 0 spiro atoms. The van der Waals surface area contributed by atoms with E-state index in [2.05, 4.69) is 15.2 Å². The molecular weight excluding hydrogens is 523 g/mol. The van der Waals surface area contributed by atoms with E-state index in [0.29, 0.717) is 15.7 Å². The smallest absolute Gasteiger partial charge is 0.319 e. The topological polar surface area (TPSA) is 78.0 Å². The summed E-state index contributed by atoms with van der Waals surface area (Å²) in [6.07, 6.45) is 4.11. The van der Waals surface area contributed by atoms with Crippen molar-refractivity contribution in [2.75, 3.05) is 0 Å². The van der Waals surface area contributed by atoms with E-state index >= 15 is 0 Å². The maximum absolute atomic E-state index is 14.6. The van der Waals surface area contributed by atoms with E-state index in [4.69, 9.17) is 27.9 Å². The molecule has 7 nitrogen and oxygen atoms in total. The van der Waals surface area contributed by atoms with Gasteiger partial charge in [0.05, 0.1) is 28.5 Å². The van der Waals surface area contributed by atoms with Gasteiger partial charge >= 0.3 is 5.91 Å². The zero-order valence-corrected chi connectivity index (χ0v) is 20.8. The summed E-state index contributed by atoms with van der Waals surface area (Å²) in [7, 11) is 0. The minimum atomic E-state index is -2.18. The molecule has 5 aromatic rings. The van der Waals surface area contributed by atoms with E-state index in [-0.39, 0.29) is 11.3 Å². The standard InChI is InChI=1S/C26H19Cl2F2N5O2/c1-16(21-9-3-18(29)13-24(21)30)26(36,34-15-31-14-33-34)37-20-6-4-19(5-7-20)35-25(10-11-32-35)22-8-2-17(27)12-23(22)28/h2-16,36H,1H3. The first-order chi connectivity index (χ1) is 17.8. The third kappa shape index (κ3) is 4.81. The normalized spacial score (nSPS) is 13.8. The molecular formula is C26H19Cl2F2N5O2. The molecule has 0 amide bonds. The van der Waals surface area contributed by atoms with Gasteiger partial charge in [-0.3, -0.25) is 0 Å². The Kier molecular flexibility index (Phi) is 6.68. The van der Waals surface area contributed by atoms with E-state index in [1.807, 2.05) is 12.1 Å². The molecule has 0 aliphatic heterocycles. The molecule has 2 atom stereocenters. The monoisotopic (exact) mass is 541 g/mol. The highest BCUT2D eigenvalue weighted by Gasteiger charge is 2.42. The van der Waals surface area contributed by atoms with Crippen LogP contribution in [-0.4, -0.2) is 29.7 Å². The predicted octanol–water partition coefficient (Wildman–Crippen LogP) is 6.20. The molecule has 0 radical (unpaired) electrons. The molecule has 0 aliphatic rings. The van der Waals surface area contributed by atoms with Crippen molar-refractivity contribution >= 4 is 23.2 Å². The molecule has 0 fully saturated rings. The molecule has 1 N–H and O–H groups in total. The Balaban J connectivity index is 1.47. The predicted molar refractivity (Wildman–Crippen MR) is 135 cm³/mol. The van der Waals surface area contributed by atoms with Gasteiger partial charge in [-0.05, 0) is 67.1 Å². The summed E-state index contributed by atoms with van der Waals surface area (Å²) in [6, 6.07) is 16.9. The molecule has 188 valence electrons. The molecule has 0 saturated carbocycles. The number of nitrogens with zero attached hydrogens (tertiary/aromatic N) is 5. The van der Waals surface area contributed by atoms with Crippen molar-refractivity contribution in [3.05, 3.63) is 113 Å². The van der Waals surface area contributed by atoms with Gasteiger partial charge in [0.2, 0.25) is 0 Å². The largest absolute Gasteiger partial charge is 0.442 e. The number of ether oxygens (including phenoxy) is 1. The lowest BCUT2D eigenvalue weighted by Gasteiger charge is -2.34. The van der Waals surface area contributed by atoms with Crippen LogP contribution in [0.25, 0.3) is 16.9 Å². The summed E-state index contributed by atoms with van der Waals surface area (Å²) in [6.45, 7) is 1.54. The summed E-state index contributed by atoms with van der Waals surface area (Å²) < 4.78 is 36.8. The number of hydrogen-bond acceptors (Lipinski definition) is 5. The minimum absolute atomic E-state index is 0.0389. The molecule has 5 rings (SSSR count). The zero-order valence-electron chi connectivity index (χ0n) is 19.3. The number of hydrogen-bond donors (Lipinski definition) is 1. The average molecular weight is 542 g/mol. The highest BCUT2D eigenvalue weighted by Crippen LogP contribution is 2.36. The average Bonchev–Trinajstić information content (AvgIpc) is 3.57. The Hall–Kier alpha value is -3.79. The van der Waals surface area contributed by atoms with Gasteiger partial charge in [0.25, 0.3) is 0 Å². The Bertz CT molecular complexity index is 1540. The van der Waals surface area contributed by atoms with Gasteiger partial charge in [0.1, 0.15) is 30.0 Å². The third-order valence-electron chi connectivity index (χ3n) is 5.94. The number of aromatic nitrogens is 5. The second-order valence-corrected chi connectivity index (χ2v) is 9.08. The Morgan fingerprint density at radius 3 is 2.43 bits per heavy atom. The van der Waals surface area contributed by atoms with Crippen LogP contribution in [0.5, 0.6) is 5.75 Å². The van der Waals surface area contributed by atoms with Crippen molar-refractivity contribution in [3.63, 3.8) is 0 Å². The molecule has 3 aromatic carbocycles. The molecule has 0 saturated heterocycles. The van der Waals surface area contributed by atoms with Crippen molar-refractivity contribution < 1.29 is 18.6 Å². The van der Waals surface area contributed by atoms with Crippen LogP contribution in [0.2, 0.25) is 10.0 Å². The van der Waals surface area contributed by atoms with Crippen LogP contribution in [-0.2, 0) is 5.91 Å². The summed E-state index contributed by atoms with van der Waals surface area (Å²) in [5, 5.41) is 21.0. The number of rotatable bonds is 7. The summed E-state index contributed by atoms with van der Waals surface area (Å²) in [5.41, 5.74) is 2.23. The first-order valence-electron chi connectivity index (χ1n) is 11.1. The van der Waals surface area contributed by atoms with Gasteiger partial charge in [0, 0.05) is 16.7 Å². The summed E-state index contributed by atoms with van der Waals surface area (Å²) in [5.74, 6) is -4.47. The lowest BCUT2D eigenvalue weighted by atomic mass is 9.96. The molecule has 11 heteroatoms. The number of aliphatic hydroxyl groups is 1. The maximum atomic E-state index is 14.6. The van der Waals surface area contributed by atoms with Gasteiger partial charge in [-0.1, -0.05) is 29.3 Å². The lowest BCUT2D eigenvalue weighted by Crippen LogP contribution is -2.45. The van der Waals surface area contributed by atoms with E-state index in [1.165, 1.54) is 25.6 Å². The van der Waals surface area contributed by atoms with Crippen molar-refractivity contribution in [1.82, 2.24) is 24.5 Å². The van der Waals surface area contributed by atoms with Crippen molar-refractivity contribution in [3.8, 4) is 22.7 Å². The second-order valence-electron chi connectivity index (χ2n) is 8.23. The fourth-order valence-electron chi connectivity index (χ4n) is 4.00. The highest BCUT2D eigenvalue weighted by atomic mass is 35.5. The van der Waals surface area contributed by atoms with Crippen LogP contribution in [0.1, 0.15) is 18.4 Å². The van der Waals surface area contributed by atoms with Crippen LogP contribution in [0.4, 0.5) is 8.78 Å². The Labute approximate surface area is 220 Å². The van der Waals surface area contributed by atoms with Gasteiger partial charge in [0.15, 0.2) is 0 Å². The third-order valence-corrected chi connectivity index (χ3v) is 6.49. The van der Waals surface area contributed by atoms with Crippen LogP contribution < -0.4 is 4.74 Å². The zero-order chi connectivity index (χ0) is 26.2. The van der Waals surface area contributed by atoms with Gasteiger partial charge in [-0.15, -0.1) is 0 Å². The number of halogens is 4.